The van der Waals surface area contributed by atoms with E-state index in [1.54, 1.807) is 0 Å². The number of nitrogens with zero attached hydrogens (tertiary/aromatic N) is 5. The van der Waals surface area contributed by atoms with Crippen molar-refractivity contribution >= 4 is 27.3 Å². The molecule has 0 spiro atoms. The molecule has 5 nitrogen and oxygen atoms in total. The van der Waals surface area contributed by atoms with E-state index in [0.717, 1.165) is 77.9 Å². The number of pyridine rings is 2. The van der Waals surface area contributed by atoms with Crippen molar-refractivity contribution in [2.75, 3.05) is 0 Å². The Hall–Kier alpha value is -6.46. The zero-order valence-corrected chi connectivity index (χ0v) is 25.3. The fourth-order valence-corrected chi connectivity index (χ4v) is 6.31. The predicted molar refractivity (Wildman–Crippen MR) is 191 cm³/mol. The Bertz CT molecular complexity index is 2480. The first kappa shape index (κ1) is 26.9. The Kier molecular flexibility index (Phi) is 6.39. The molecule has 0 fully saturated rings. The van der Waals surface area contributed by atoms with E-state index in [4.69, 9.17) is 19.9 Å². The molecular weight excluding hydrogens is 574 g/mol. The molecule has 0 bridgehead atoms. The number of fused-ring (bicyclic) bond motifs is 5. The van der Waals surface area contributed by atoms with E-state index in [2.05, 4.69) is 108 Å². The van der Waals surface area contributed by atoms with Gasteiger partial charge >= 0.3 is 0 Å². The molecule has 5 heteroatoms. The van der Waals surface area contributed by atoms with E-state index in [9.17, 15) is 0 Å². The third kappa shape index (κ3) is 4.82. The Balaban J connectivity index is 1.16. The number of benzene rings is 5. The van der Waals surface area contributed by atoms with Gasteiger partial charge in [-0.25, -0.2) is 19.9 Å². The maximum absolute atomic E-state index is 5.22. The zero-order chi connectivity index (χ0) is 31.2. The molecule has 0 amide bonds. The van der Waals surface area contributed by atoms with Crippen molar-refractivity contribution in [1.29, 1.82) is 0 Å². The Morgan fingerprint density at radius 1 is 0.404 bits per heavy atom. The van der Waals surface area contributed by atoms with Crippen molar-refractivity contribution in [3.63, 3.8) is 0 Å². The average Bonchev–Trinajstić information content (AvgIpc) is 3.60. The molecule has 9 rings (SSSR count). The van der Waals surface area contributed by atoms with Crippen molar-refractivity contribution in [3.8, 4) is 56.4 Å². The van der Waals surface area contributed by atoms with Crippen LogP contribution in [0.4, 0.5) is 0 Å². The molecule has 5 aromatic carbocycles. The van der Waals surface area contributed by atoms with E-state index in [-0.39, 0.29) is 0 Å². The van der Waals surface area contributed by atoms with Crippen LogP contribution in [-0.4, -0.2) is 24.3 Å². The summed E-state index contributed by atoms with van der Waals surface area (Å²) in [5.74, 6) is 0.704. The van der Waals surface area contributed by atoms with E-state index >= 15 is 0 Å². The highest BCUT2D eigenvalue weighted by Crippen LogP contribution is 2.36. The van der Waals surface area contributed by atoms with E-state index in [1.807, 2.05) is 60.7 Å². The Labute approximate surface area is 271 Å². The molecule has 0 saturated carbocycles. The van der Waals surface area contributed by atoms with Crippen molar-refractivity contribution in [1.82, 2.24) is 24.3 Å². The molecule has 0 radical (unpaired) electrons. The fraction of sp³-hybridized carbons (Fsp3) is 0. The van der Waals surface area contributed by atoms with Crippen molar-refractivity contribution in [3.05, 3.63) is 164 Å². The van der Waals surface area contributed by atoms with Crippen LogP contribution >= 0.6 is 0 Å². The lowest BCUT2D eigenvalue weighted by Gasteiger charge is -2.11. The standard InChI is InChI=1S/C42H27N5/c1-4-12-28(13-5-1)36-26-37(45-41(44-36)32-16-8-3-9-17-32)29-20-22-30(23-21-29)38-27-47-25-24-34-39(42(47)46-38)33-18-10-11-19-35(33)43-40(34)31-14-6-2-7-15-31/h1-27H. The topological polar surface area (TPSA) is 56.0 Å². The lowest BCUT2D eigenvalue weighted by Crippen LogP contribution is -1.95. The van der Waals surface area contributed by atoms with Crippen LogP contribution in [0.15, 0.2) is 164 Å². The molecule has 4 aromatic heterocycles. The minimum atomic E-state index is 0.704. The first-order valence-electron chi connectivity index (χ1n) is 15.6. The molecule has 0 N–H and O–H groups in total. The molecule has 47 heavy (non-hydrogen) atoms. The number of hydrogen-bond donors (Lipinski definition) is 0. The van der Waals surface area contributed by atoms with Gasteiger partial charge in [0.05, 0.1) is 28.3 Å². The monoisotopic (exact) mass is 601 g/mol. The molecule has 9 aromatic rings. The number of hydrogen-bond acceptors (Lipinski definition) is 4. The lowest BCUT2D eigenvalue weighted by molar-refractivity contribution is 1.18. The van der Waals surface area contributed by atoms with Crippen molar-refractivity contribution in [2.45, 2.75) is 0 Å². The molecule has 0 aliphatic carbocycles. The van der Waals surface area contributed by atoms with Gasteiger partial charge in [-0.15, -0.1) is 0 Å². The zero-order valence-electron chi connectivity index (χ0n) is 25.3. The van der Waals surface area contributed by atoms with Crippen LogP contribution in [0.3, 0.4) is 0 Å². The van der Waals surface area contributed by atoms with Gasteiger partial charge in [-0.2, -0.15) is 0 Å². The number of aromatic nitrogens is 5. The van der Waals surface area contributed by atoms with Gasteiger partial charge in [0.2, 0.25) is 0 Å². The van der Waals surface area contributed by atoms with Gasteiger partial charge < -0.3 is 4.40 Å². The highest BCUT2D eigenvalue weighted by molar-refractivity contribution is 6.16. The number of para-hydroxylation sites is 1. The van der Waals surface area contributed by atoms with Gasteiger partial charge in [0, 0.05) is 56.4 Å². The third-order valence-electron chi connectivity index (χ3n) is 8.64. The van der Waals surface area contributed by atoms with Crippen LogP contribution in [-0.2, 0) is 0 Å². The van der Waals surface area contributed by atoms with E-state index in [0.29, 0.717) is 5.82 Å². The summed E-state index contributed by atoms with van der Waals surface area (Å²) in [4.78, 5) is 20.2. The van der Waals surface area contributed by atoms with E-state index < -0.39 is 0 Å². The van der Waals surface area contributed by atoms with Crippen LogP contribution in [0.1, 0.15) is 0 Å². The van der Waals surface area contributed by atoms with Gasteiger partial charge in [-0.05, 0) is 18.2 Å². The molecule has 4 heterocycles. The maximum Gasteiger partial charge on any atom is 0.160 e. The largest absolute Gasteiger partial charge is 0.306 e. The second-order valence-corrected chi connectivity index (χ2v) is 11.6. The van der Waals surface area contributed by atoms with Gasteiger partial charge in [0.25, 0.3) is 0 Å². The second-order valence-electron chi connectivity index (χ2n) is 11.6. The lowest BCUT2D eigenvalue weighted by atomic mass is 10.0. The number of imidazole rings is 1. The molecule has 0 aliphatic rings. The summed E-state index contributed by atoms with van der Waals surface area (Å²) in [6.07, 6.45) is 4.19. The summed E-state index contributed by atoms with van der Waals surface area (Å²) in [5.41, 5.74) is 10.7. The van der Waals surface area contributed by atoms with Crippen molar-refractivity contribution in [2.24, 2.45) is 0 Å². The first-order valence-corrected chi connectivity index (χ1v) is 15.6. The SMILES string of the molecule is c1ccc(-c2cc(-c3ccc(-c4cn5ccc6c(-c7ccccc7)nc7ccccc7c6c5n4)cc3)nc(-c3ccccc3)n2)cc1. The quantitative estimate of drug-likeness (QED) is 0.184. The van der Waals surface area contributed by atoms with Gasteiger partial charge in [-0.1, -0.05) is 133 Å². The molecule has 220 valence electrons. The van der Waals surface area contributed by atoms with Gasteiger partial charge in [0.1, 0.15) is 5.65 Å². The molecule has 0 unspecified atom stereocenters. The highest BCUT2D eigenvalue weighted by Gasteiger charge is 2.16. The molecule has 0 aliphatic heterocycles. The fourth-order valence-electron chi connectivity index (χ4n) is 6.31. The minimum absolute atomic E-state index is 0.704. The van der Waals surface area contributed by atoms with Crippen LogP contribution in [0.25, 0.3) is 83.7 Å². The summed E-state index contributed by atoms with van der Waals surface area (Å²) in [7, 11) is 0. The first-order chi connectivity index (χ1) is 23.3. The minimum Gasteiger partial charge on any atom is -0.306 e. The van der Waals surface area contributed by atoms with Gasteiger partial charge in [-0.3, -0.25) is 0 Å². The average molecular weight is 602 g/mol. The van der Waals surface area contributed by atoms with Crippen LogP contribution < -0.4 is 0 Å². The second kappa shape index (κ2) is 11.2. The van der Waals surface area contributed by atoms with Gasteiger partial charge in [0.15, 0.2) is 5.82 Å². The highest BCUT2D eigenvalue weighted by atomic mass is 15.0. The Morgan fingerprint density at radius 3 is 1.64 bits per heavy atom. The van der Waals surface area contributed by atoms with Crippen molar-refractivity contribution < 1.29 is 0 Å². The summed E-state index contributed by atoms with van der Waals surface area (Å²) in [6.45, 7) is 0. The van der Waals surface area contributed by atoms with Crippen LogP contribution in [0.5, 0.6) is 0 Å². The molecule has 0 atom stereocenters. The predicted octanol–water partition coefficient (Wildman–Crippen LogP) is 10.2. The molecule has 0 saturated heterocycles. The van der Waals surface area contributed by atoms with E-state index in [1.165, 1.54) is 0 Å². The van der Waals surface area contributed by atoms with Crippen LogP contribution in [0, 0.1) is 0 Å². The summed E-state index contributed by atoms with van der Waals surface area (Å²) in [6, 6.07) is 51.8. The smallest absolute Gasteiger partial charge is 0.160 e. The normalized spacial score (nSPS) is 11.4. The van der Waals surface area contributed by atoms with Crippen LogP contribution in [0.2, 0.25) is 0 Å². The summed E-state index contributed by atoms with van der Waals surface area (Å²) in [5, 5.41) is 3.28. The maximum atomic E-state index is 5.22. The summed E-state index contributed by atoms with van der Waals surface area (Å²) < 4.78 is 2.12. The Morgan fingerprint density at radius 2 is 0.957 bits per heavy atom. The number of rotatable bonds is 5. The third-order valence-corrected chi connectivity index (χ3v) is 8.64. The molecular formula is C42H27N5. The summed E-state index contributed by atoms with van der Waals surface area (Å²) >= 11 is 0.